The van der Waals surface area contributed by atoms with Gasteiger partial charge in [-0.15, -0.1) is 55.8 Å². The predicted molar refractivity (Wildman–Crippen MR) is 283 cm³/mol. The highest BCUT2D eigenvalue weighted by Gasteiger charge is 2.42. The lowest BCUT2D eigenvalue weighted by molar-refractivity contribution is -0.159. The van der Waals surface area contributed by atoms with Crippen LogP contribution in [0, 0.1) is 73.6 Å². The van der Waals surface area contributed by atoms with E-state index in [2.05, 4.69) is 101 Å². The molecule has 6 aliphatic heterocycles. The van der Waals surface area contributed by atoms with Crippen molar-refractivity contribution < 1.29 is 158 Å². The van der Waals surface area contributed by atoms with Gasteiger partial charge in [0.05, 0.1) is 6.61 Å². The van der Waals surface area contributed by atoms with Gasteiger partial charge < -0.3 is 28.4 Å². The van der Waals surface area contributed by atoms with E-state index in [4.69, 9.17) is 51.1 Å². The van der Waals surface area contributed by atoms with Crippen molar-refractivity contribution in [3.05, 3.63) is 0 Å². The summed E-state index contributed by atoms with van der Waals surface area (Å²) in [6.07, 6.45) is 17.3. The molecule has 0 bridgehead atoms. The fraction of sp³-hybridized carbons (Fsp3) is 0.609. The summed E-state index contributed by atoms with van der Waals surface area (Å²) in [7, 11) is -24.2. The molecule has 0 spiro atoms. The van der Waals surface area contributed by atoms with E-state index >= 15 is 0 Å². The number of ether oxygens (including phenoxy) is 6. The Balaban J connectivity index is 0.000000528. The third-order valence-electron chi connectivity index (χ3n) is 8.96. The van der Waals surface area contributed by atoms with Gasteiger partial charge >= 0.3 is 98.2 Å². The maximum absolute atomic E-state index is 11.3. The predicted octanol–water partition coefficient (Wildman–Crippen LogP) is -3.17. The minimum Gasteiger partial charge on any atom is -0.464 e. The summed E-state index contributed by atoms with van der Waals surface area (Å²) in [5.74, 6) is 11.6. The van der Waals surface area contributed by atoms with Crippen molar-refractivity contribution in [1.29, 1.82) is 0 Å². The van der Waals surface area contributed by atoms with Crippen molar-refractivity contribution in [3.63, 3.8) is 0 Å². The van der Waals surface area contributed by atoms with Crippen LogP contribution in [-0.4, -0.2) is 200 Å². The molecule has 9 unspecified atom stereocenters. The van der Waals surface area contributed by atoms with Crippen LogP contribution in [0.4, 0.5) is 0 Å². The number of esters is 6. The molecule has 9 atom stereocenters. The third-order valence-corrected chi connectivity index (χ3v) is 14.3. The van der Waals surface area contributed by atoms with Crippen molar-refractivity contribution >= 4 is 98.2 Å². The van der Waals surface area contributed by atoms with Gasteiger partial charge in [-0.2, -0.15) is 50.5 Å². The molecular weight excluding hydrogens is 1320 g/mol. The molecule has 6 heterocycles. The maximum Gasteiger partial charge on any atom is 0.400 e. The maximum atomic E-state index is 11.3. The second-order valence-electron chi connectivity index (χ2n) is 16.7. The van der Waals surface area contributed by atoms with Crippen molar-refractivity contribution in [2.75, 3.05) is 52.9 Å². The summed E-state index contributed by atoms with van der Waals surface area (Å²) < 4.78 is 207. The second-order valence-corrected chi connectivity index (χ2v) is 24.2. The first-order chi connectivity index (χ1) is 40.7. The molecule has 6 rings (SSSR count). The molecule has 0 radical (unpaired) electrons. The molecule has 6 fully saturated rings. The Morgan fingerprint density at radius 1 is 0.455 bits per heavy atom. The summed E-state index contributed by atoms with van der Waals surface area (Å²) in [4.78, 5) is 67.2. The monoisotopic (exact) mass is 1380 g/mol. The topological polar surface area (TPSA) is 473 Å². The molecule has 88 heavy (non-hydrogen) atoms. The SMILES string of the molecule is C#CC(C)(C)OC(=O)C1COS(=O)(=O)O1.C#CC(C)OC(=O)C1COS(=O)(=O)O1.C#CCC(C)OC(=O)C1COS(=O)(=O)O1.C#CCCCOC(=O)C1COS(=O)(=O)O1.C#CCCOC(=O)C1COS(=O)(=O)O1.CC#CC(C)OC(=O)C1COS(=O)(=O)O1. The highest BCUT2D eigenvalue weighted by atomic mass is 32.3. The number of terminal acetylenes is 5. The first kappa shape index (κ1) is 79.4. The lowest BCUT2D eigenvalue weighted by Crippen LogP contribution is -2.34. The molecule has 0 saturated carbocycles. The zero-order valence-electron chi connectivity index (χ0n) is 46.7. The van der Waals surface area contributed by atoms with Gasteiger partial charge in [-0.1, -0.05) is 17.8 Å². The Kier molecular flexibility index (Phi) is 33.2. The Morgan fingerprint density at radius 2 is 0.773 bits per heavy atom. The van der Waals surface area contributed by atoms with E-state index in [1.807, 2.05) is 0 Å². The van der Waals surface area contributed by atoms with E-state index in [9.17, 15) is 79.3 Å². The first-order valence-corrected chi connectivity index (χ1v) is 32.0. The van der Waals surface area contributed by atoms with Gasteiger partial charge in [0.2, 0.25) is 36.6 Å². The highest BCUT2D eigenvalue weighted by molar-refractivity contribution is 7.83. The molecule has 6 aliphatic rings. The van der Waals surface area contributed by atoms with Crippen LogP contribution >= 0.6 is 0 Å². The fourth-order valence-electron chi connectivity index (χ4n) is 5.04. The van der Waals surface area contributed by atoms with Crippen molar-refractivity contribution in [2.45, 2.75) is 128 Å². The Hall–Kier alpha value is -6.60. The Morgan fingerprint density at radius 3 is 1.07 bits per heavy atom. The summed E-state index contributed by atoms with van der Waals surface area (Å²) in [6, 6.07) is 0. The van der Waals surface area contributed by atoms with E-state index in [1.54, 1.807) is 20.8 Å². The van der Waals surface area contributed by atoms with Crippen LogP contribution in [0.5, 0.6) is 0 Å². The van der Waals surface area contributed by atoms with Gasteiger partial charge in [0.15, 0.2) is 17.8 Å². The van der Waals surface area contributed by atoms with Gasteiger partial charge in [0.25, 0.3) is 0 Å². The second kappa shape index (κ2) is 36.8. The molecular formula is C46H56O36S6. The van der Waals surface area contributed by atoms with Crippen molar-refractivity contribution in [2.24, 2.45) is 0 Å². The average Bonchev–Trinajstić information content (AvgIpc) is 3.68. The van der Waals surface area contributed by atoms with E-state index in [0.717, 1.165) is 0 Å². The molecule has 0 aromatic heterocycles. The number of carbonyl (C=O) groups excluding carboxylic acids is 6. The lowest BCUT2D eigenvalue weighted by Gasteiger charge is -2.19. The number of carbonyl (C=O) groups is 6. The average molecular weight is 1380 g/mol. The number of hydrogen-bond acceptors (Lipinski definition) is 36. The first-order valence-electron chi connectivity index (χ1n) is 24.0. The summed E-state index contributed by atoms with van der Waals surface area (Å²) in [5.41, 5.74) is -1.10. The zero-order chi connectivity index (χ0) is 67.3. The molecule has 0 N–H and O–H groups in total. The van der Waals surface area contributed by atoms with Crippen LogP contribution in [0.1, 0.15) is 67.2 Å². The molecule has 36 nitrogen and oxygen atoms in total. The Bertz CT molecular complexity index is 3440. The number of rotatable bonds is 16. The molecule has 0 aliphatic carbocycles. The van der Waals surface area contributed by atoms with E-state index < -0.39 is 159 Å². The van der Waals surface area contributed by atoms with Gasteiger partial charge in [-0.05, 0) is 48.0 Å². The lowest BCUT2D eigenvalue weighted by atomic mass is 10.1. The largest absolute Gasteiger partial charge is 0.464 e. The van der Waals surface area contributed by atoms with Gasteiger partial charge in [-0.25, -0.2) is 79.0 Å². The minimum absolute atomic E-state index is 0.0369. The van der Waals surface area contributed by atoms with Gasteiger partial charge in [0.1, 0.15) is 52.4 Å². The number of unbranched alkanes of at least 4 members (excludes halogenated alkanes) is 1. The Labute approximate surface area is 507 Å². The van der Waals surface area contributed by atoms with Crippen LogP contribution < -0.4 is 0 Å². The molecule has 0 aromatic rings. The van der Waals surface area contributed by atoms with Crippen LogP contribution in [-0.2, 0) is 170 Å². The summed E-state index contributed by atoms with van der Waals surface area (Å²) in [6.45, 7) is 7.25. The normalized spacial score (nSPS) is 24.8. The zero-order valence-corrected chi connectivity index (χ0v) is 51.6. The standard InChI is InChI=1S/4C8H10O6S.2C7H8O6S/c1-4-8(2,3)13-7(9)6-5-12-15(10,11)14-6;2*1-3-4-6(2)13-8(9)7-5-12-15(10,11)14-7;1-2-3-4-5-12-8(9)7-6-13-15(10,11)14-7;1-3-5(2)12-7(8)6-4-11-14(9,10)13-6;1-2-3-4-11-7(8)6-5-12-14(9,10)13-6/h1,6H,5H2,2-3H3;6-7H,5H2,1-2H3;1,6-7H,4-5H2,2H3;1,7H,3-6H2;1,5-6H,4H2,2H3;1,6H,3-5H2. The van der Waals surface area contributed by atoms with Gasteiger partial charge in [-0.3, -0.25) is 0 Å². The smallest absolute Gasteiger partial charge is 0.400 e. The van der Waals surface area contributed by atoms with Crippen LogP contribution in [0.3, 0.4) is 0 Å². The van der Waals surface area contributed by atoms with E-state index in [0.29, 0.717) is 12.8 Å². The third kappa shape index (κ3) is 32.6. The number of hydrogen-bond donors (Lipinski definition) is 0. The molecule has 0 amide bonds. The minimum atomic E-state index is -4.06. The molecule has 492 valence electrons. The van der Waals surface area contributed by atoms with Crippen molar-refractivity contribution in [3.8, 4) is 73.6 Å². The summed E-state index contributed by atoms with van der Waals surface area (Å²) >= 11 is 0. The van der Waals surface area contributed by atoms with E-state index in [1.165, 1.54) is 20.8 Å². The molecule has 6 saturated heterocycles. The van der Waals surface area contributed by atoms with Crippen LogP contribution in [0.25, 0.3) is 0 Å². The van der Waals surface area contributed by atoms with Gasteiger partial charge in [0, 0.05) is 19.3 Å². The quantitative estimate of drug-likeness (QED) is 0.0637. The fourth-order valence-corrected chi connectivity index (χ4v) is 9.63. The molecule has 0 aromatic carbocycles. The highest BCUT2D eigenvalue weighted by Crippen LogP contribution is 2.20. The van der Waals surface area contributed by atoms with Crippen LogP contribution in [0.15, 0.2) is 0 Å². The van der Waals surface area contributed by atoms with Crippen LogP contribution in [0.2, 0.25) is 0 Å². The summed E-state index contributed by atoms with van der Waals surface area (Å²) in [5, 5.41) is 0. The van der Waals surface area contributed by atoms with Crippen molar-refractivity contribution in [1.82, 2.24) is 0 Å². The van der Waals surface area contributed by atoms with E-state index in [-0.39, 0.29) is 65.7 Å². The molecule has 42 heteroatoms.